The zero-order valence-electron chi connectivity index (χ0n) is 12.6. The number of hydrogen-bond donors (Lipinski definition) is 1. The van der Waals surface area contributed by atoms with Gasteiger partial charge >= 0.3 is 0 Å². The molecule has 23 heavy (non-hydrogen) atoms. The lowest BCUT2D eigenvalue weighted by molar-refractivity contribution is 0.897. The Morgan fingerprint density at radius 2 is 2.04 bits per heavy atom. The van der Waals surface area contributed by atoms with Gasteiger partial charge in [-0.1, -0.05) is 36.4 Å². The zero-order valence-corrected chi connectivity index (χ0v) is 12.6. The van der Waals surface area contributed by atoms with Crippen LogP contribution in [-0.2, 0) is 0 Å². The van der Waals surface area contributed by atoms with Gasteiger partial charge in [-0.15, -0.1) is 0 Å². The minimum Gasteiger partial charge on any atom is -0.368 e. The second-order valence-electron chi connectivity index (χ2n) is 5.11. The predicted octanol–water partition coefficient (Wildman–Crippen LogP) is 3.19. The van der Waals surface area contributed by atoms with Crippen LogP contribution in [0.2, 0.25) is 0 Å². The van der Waals surface area contributed by atoms with Crippen molar-refractivity contribution >= 4 is 12.2 Å². The number of hydrogen-bond acceptors (Lipinski definition) is 4. The molecule has 0 aliphatic heterocycles. The fourth-order valence-corrected chi connectivity index (χ4v) is 2.34. The average molecular weight is 301 g/mol. The molecule has 3 aromatic rings. The Bertz CT molecular complexity index is 915. The Balaban J connectivity index is 1.94. The second-order valence-corrected chi connectivity index (χ2v) is 5.11. The number of nitrogens with zero attached hydrogens (tertiary/aromatic N) is 4. The van der Waals surface area contributed by atoms with Gasteiger partial charge in [0, 0.05) is 0 Å². The van der Waals surface area contributed by atoms with Crippen molar-refractivity contribution in [3.63, 3.8) is 0 Å². The average Bonchev–Trinajstić information content (AvgIpc) is 2.90. The van der Waals surface area contributed by atoms with Gasteiger partial charge in [0.2, 0.25) is 5.95 Å². The summed E-state index contributed by atoms with van der Waals surface area (Å²) in [7, 11) is 0. The molecule has 3 rings (SSSR count). The minimum atomic E-state index is 0.352. The maximum Gasteiger partial charge on any atom is 0.221 e. The number of rotatable bonds is 3. The molecule has 112 valence electrons. The van der Waals surface area contributed by atoms with Crippen LogP contribution in [0.1, 0.15) is 16.8 Å². The van der Waals surface area contributed by atoms with E-state index in [4.69, 9.17) is 5.73 Å². The smallest absolute Gasteiger partial charge is 0.221 e. The van der Waals surface area contributed by atoms with E-state index in [1.165, 1.54) is 4.68 Å². The molecular formula is C18H15N5. The van der Waals surface area contributed by atoms with Crippen molar-refractivity contribution in [2.24, 2.45) is 5.10 Å². The van der Waals surface area contributed by atoms with E-state index in [9.17, 15) is 5.26 Å². The lowest BCUT2D eigenvalue weighted by Crippen LogP contribution is -1.97. The lowest BCUT2D eigenvalue weighted by atomic mass is 9.99. The first-order valence-electron chi connectivity index (χ1n) is 7.13. The first kappa shape index (κ1) is 14.5. The van der Waals surface area contributed by atoms with Crippen LogP contribution in [-0.4, -0.2) is 15.9 Å². The standard InChI is InChI=1S/C18H15N5/c1-13-12-23(18(20)22-13)21-11-14-5-4-7-15(9-14)17-8-3-2-6-16(17)10-19/h2-9,11-12H,1H3,(H2,20,22). The van der Waals surface area contributed by atoms with Gasteiger partial charge in [-0.05, 0) is 35.7 Å². The molecule has 0 spiro atoms. The summed E-state index contributed by atoms with van der Waals surface area (Å²) >= 11 is 0. The Morgan fingerprint density at radius 3 is 2.78 bits per heavy atom. The molecule has 0 saturated carbocycles. The van der Waals surface area contributed by atoms with Gasteiger partial charge in [-0.2, -0.15) is 10.4 Å². The monoisotopic (exact) mass is 301 g/mol. The van der Waals surface area contributed by atoms with E-state index in [1.807, 2.05) is 55.5 Å². The van der Waals surface area contributed by atoms with Crippen LogP contribution in [0.25, 0.3) is 11.1 Å². The molecule has 1 heterocycles. The van der Waals surface area contributed by atoms with Crippen molar-refractivity contribution in [1.82, 2.24) is 9.66 Å². The van der Waals surface area contributed by atoms with Crippen molar-refractivity contribution in [2.45, 2.75) is 6.92 Å². The van der Waals surface area contributed by atoms with Crippen LogP contribution in [0.5, 0.6) is 0 Å². The number of nitrogens with two attached hydrogens (primary N) is 1. The summed E-state index contributed by atoms with van der Waals surface area (Å²) in [6.45, 7) is 1.86. The molecule has 0 aliphatic rings. The third-order valence-corrected chi connectivity index (χ3v) is 3.41. The highest BCUT2D eigenvalue weighted by Gasteiger charge is 2.04. The molecular weight excluding hydrogens is 286 g/mol. The van der Waals surface area contributed by atoms with Gasteiger partial charge in [0.1, 0.15) is 0 Å². The maximum absolute atomic E-state index is 9.23. The van der Waals surface area contributed by atoms with E-state index in [1.54, 1.807) is 12.4 Å². The number of aromatic nitrogens is 2. The molecule has 2 N–H and O–H groups in total. The highest BCUT2D eigenvalue weighted by molar-refractivity contribution is 5.83. The lowest BCUT2D eigenvalue weighted by Gasteiger charge is -2.05. The largest absolute Gasteiger partial charge is 0.368 e. The van der Waals surface area contributed by atoms with Gasteiger partial charge in [0.25, 0.3) is 0 Å². The second kappa shape index (κ2) is 6.16. The molecule has 5 nitrogen and oxygen atoms in total. The van der Waals surface area contributed by atoms with Crippen molar-refractivity contribution in [2.75, 3.05) is 5.73 Å². The molecule has 0 amide bonds. The van der Waals surface area contributed by atoms with Crippen LogP contribution in [0.3, 0.4) is 0 Å². The van der Waals surface area contributed by atoms with Gasteiger partial charge < -0.3 is 5.73 Å². The van der Waals surface area contributed by atoms with Gasteiger partial charge in [-0.25, -0.2) is 9.66 Å². The summed E-state index contributed by atoms with van der Waals surface area (Å²) in [6, 6.07) is 17.6. The van der Waals surface area contributed by atoms with Crippen molar-refractivity contribution in [1.29, 1.82) is 5.26 Å². The van der Waals surface area contributed by atoms with Crippen LogP contribution in [0.15, 0.2) is 59.8 Å². The van der Waals surface area contributed by atoms with E-state index in [2.05, 4.69) is 16.2 Å². The fraction of sp³-hybridized carbons (Fsp3) is 0.0556. The van der Waals surface area contributed by atoms with Crippen LogP contribution < -0.4 is 5.73 Å². The molecule has 0 bridgehead atoms. The van der Waals surface area contributed by atoms with Gasteiger partial charge in [-0.3, -0.25) is 0 Å². The van der Waals surface area contributed by atoms with Crippen molar-refractivity contribution in [3.8, 4) is 17.2 Å². The zero-order chi connectivity index (χ0) is 16.2. The molecule has 2 aromatic carbocycles. The topological polar surface area (TPSA) is 80.0 Å². The number of aryl methyl sites for hydroxylation is 1. The molecule has 1 aromatic heterocycles. The van der Waals surface area contributed by atoms with Gasteiger partial charge in [0.05, 0.1) is 29.7 Å². The first-order chi connectivity index (χ1) is 11.2. The number of nitriles is 1. The third kappa shape index (κ3) is 3.11. The highest BCUT2D eigenvalue weighted by atomic mass is 15.4. The minimum absolute atomic E-state index is 0.352. The SMILES string of the molecule is Cc1cn(N=Cc2cccc(-c3ccccc3C#N)c2)c(N)n1. The highest BCUT2D eigenvalue weighted by Crippen LogP contribution is 2.23. The van der Waals surface area contributed by atoms with Crippen LogP contribution in [0, 0.1) is 18.3 Å². The summed E-state index contributed by atoms with van der Waals surface area (Å²) in [5.74, 6) is 0.352. The number of anilines is 1. The molecule has 0 fully saturated rings. The van der Waals surface area contributed by atoms with E-state index < -0.39 is 0 Å². The molecule has 0 aliphatic carbocycles. The summed E-state index contributed by atoms with van der Waals surface area (Å²) in [4.78, 5) is 4.10. The normalized spacial score (nSPS) is 10.8. The Labute approximate surface area is 134 Å². The molecule has 0 unspecified atom stereocenters. The summed E-state index contributed by atoms with van der Waals surface area (Å²) in [5, 5.41) is 13.5. The van der Waals surface area contributed by atoms with E-state index in [-0.39, 0.29) is 0 Å². The predicted molar refractivity (Wildman–Crippen MR) is 91.0 cm³/mol. The van der Waals surface area contributed by atoms with E-state index >= 15 is 0 Å². The Hall–Kier alpha value is -3.39. The van der Waals surface area contributed by atoms with Crippen molar-refractivity contribution in [3.05, 3.63) is 71.5 Å². The third-order valence-electron chi connectivity index (χ3n) is 3.41. The first-order valence-corrected chi connectivity index (χ1v) is 7.13. The van der Waals surface area contributed by atoms with E-state index in [0.717, 1.165) is 22.4 Å². The molecule has 5 heteroatoms. The number of benzene rings is 2. The van der Waals surface area contributed by atoms with E-state index in [0.29, 0.717) is 11.5 Å². The Morgan fingerprint density at radius 1 is 1.22 bits per heavy atom. The maximum atomic E-state index is 9.23. The molecule has 0 saturated heterocycles. The summed E-state index contributed by atoms with van der Waals surface area (Å²) in [5.41, 5.74) is 10.0. The molecule has 0 atom stereocenters. The quantitative estimate of drug-likeness (QED) is 0.754. The summed E-state index contributed by atoms with van der Waals surface area (Å²) in [6.07, 6.45) is 3.48. The summed E-state index contributed by atoms with van der Waals surface area (Å²) < 4.78 is 1.53. The van der Waals surface area contributed by atoms with Crippen LogP contribution in [0.4, 0.5) is 5.95 Å². The Kier molecular flexibility index (Phi) is 3.89. The number of nitrogen functional groups attached to an aromatic ring is 1. The molecule has 0 radical (unpaired) electrons. The van der Waals surface area contributed by atoms with Crippen molar-refractivity contribution < 1.29 is 0 Å². The van der Waals surface area contributed by atoms with Crippen LogP contribution >= 0.6 is 0 Å². The fourth-order valence-electron chi connectivity index (χ4n) is 2.34. The number of imidazole rings is 1. The van der Waals surface area contributed by atoms with Gasteiger partial charge in [0.15, 0.2) is 0 Å².